The molecule has 3 aliphatic rings. The summed E-state index contributed by atoms with van der Waals surface area (Å²) in [6, 6.07) is 3.77. The lowest BCUT2D eigenvalue weighted by molar-refractivity contribution is -0.0373. The van der Waals surface area contributed by atoms with Crippen molar-refractivity contribution >= 4 is 16.9 Å². The quantitative estimate of drug-likeness (QED) is 0.602. The van der Waals surface area contributed by atoms with Crippen molar-refractivity contribution in [2.45, 2.75) is 89.3 Å². The van der Waals surface area contributed by atoms with Crippen LogP contribution in [0.4, 0.5) is 0 Å². The molecule has 1 amide bonds. The maximum atomic E-state index is 12.9. The van der Waals surface area contributed by atoms with E-state index in [-0.39, 0.29) is 11.5 Å². The molecule has 5 nitrogen and oxygen atoms in total. The molecule has 1 fully saturated rings. The second kappa shape index (κ2) is 8.34. The van der Waals surface area contributed by atoms with Gasteiger partial charge in [0.25, 0.3) is 5.91 Å². The fourth-order valence-corrected chi connectivity index (χ4v) is 5.77. The van der Waals surface area contributed by atoms with Crippen molar-refractivity contribution in [1.82, 2.24) is 5.32 Å². The summed E-state index contributed by atoms with van der Waals surface area (Å²) in [5.41, 5.74) is 3.40. The lowest BCUT2D eigenvalue weighted by Gasteiger charge is -2.43. The normalized spacial score (nSPS) is 22.6. The molecule has 0 radical (unpaired) electrons. The molecule has 1 aliphatic heterocycles. The van der Waals surface area contributed by atoms with Gasteiger partial charge in [0.1, 0.15) is 16.9 Å². The summed E-state index contributed by atoms with van der Waals surface area (Å²) in [5.74, 6) is 0.897. The van der Waals surface area contributed by atoms with E-state index in [9.17, 15) is 9.90 Å². The first-order valence-corrected chi connectivity index (χ1v) is 12.0. The Morgan fingerprint density at radius 2 is 2.03 bits per heavy atom. The van der Waals surface area contributed by atoms with Gasteiger partial charge in [0.15, 0.2) is 5.76 Å². The highest BCUT2D eigenvalue weighted by Crippen LogP contribution is 2.49. The number of rotatable bonds is 4. The molecule has 5 rings (SSSR count). The number of ether oxygens (including phenoxy) is 1. The molecular formula is C26H33NO4. The monoisotopic (exact) mass is 423 g/mol. The van der Waals surface area contributed by atoms with Crippen molar-refractivity contribution in [2.75, 3.05) is 6.54 Å². The Bertz CT molecular complexity index is 1010. The maximum Gasteiger partial charge on any atom is 0.287 e. The summed E-state index contributed by atoms with van der Waals surface area (Å²) in [6.45, 7) is 2.52. The molecule has 2 heterocycles. The van der Waals surface area contributed by atoms with Gasteiger partial charge in [-0.1, -0.05) is 18.1 Å². The molecule has 2 N–H and O–H groups in total. The molecule has 0 unspecified atom stereocenters. The Hall–Kier alpha value is -2.27. The Morgan fingerprint density at radius 1 is 1.19 bits per heavy atom. The smallest absolute Gasteiger partial charge is 0.287 e. The minimum Gasteiger partial charge on any atom is -0.487 e. The number of amides is 1. The molecule has 1 aromatic carbocycles. The minimum absolute atomic E-state index is 0.186. The van der Waals surface area contributed by atoms with Crippen molar-refractivity contribution in [1.29, 1.82) is 0 Å². The topological polar surface area (TPSA) is 71.7 Å². The van der Waals surface area contributed by atoms with Crippen molar-refractivity contribution in [2.24, 2.45) is 0 Å². The number of furan rings is 1. The molecule has 2 aliphatic carbocycles. The summed E-state index contributed by atoms with van der Waals surface area (Å²) >= 11 is 0. The Morgan fingerprint density at radius 3 is 2.81 bits per heavy atom. The number of aliphatic hydroxyl groups excluding tert-OH is 1. The van der Waals surface area contributed by atoms with Gasteiger partial charge in [0.2, 0.25) is 0 Å². The van der Waals surface area contributed by atoms with Gasteiger partial charge in [-0.05, 0) is 76.8 Å². The van der Waals surface area contributed by atoms with E-state index in [1.165, 1.54) is 24.8 Å². The number of carbonyl (C=O) groups excluding carboxylic acids is 1. The Balaban J connectivity index is 1.38. The van der Waals surface area contributed by atoms with Crippen LogP contribution in [0, 0.1) is 6.92 Å². The van der Waals surface area contributed by atoms with Gasteiger partial charge in [-0.2, -0.15) is 0 Å². The van der Waals surface area contributed by atoms with Gasteiger partial charge in [0, 0.05) is 29.5 Å². The van der Waals surface area contributed by atoms with E-state index in [4.69, 9.17) is 9.15 Å². The van der Waals surface area contributed by atoms with E-state index in [2.05, 4.69) is 11.4 Å². The standard InChI is InChI=1S/C26H33NO4/c1-17-22-20(30-24(17)25(29)27-15-12-18-8-4-2-5-9-18)10-11-21-23(22)19(28)16-26(31-21)13-6-3-7-14-26/h8,10-11,19,28H,2-7,9,12-16H2,1H3,(H,27,29)/t19-/m0/s1. The van der Waals surface area contributed by atoms with E-state index in [1.807, 2.05) is 19.1 Å². The van der Waals surface area contributed by atoms with E-state index >= 15 is 0 Å². The number of carbonyl (C=O) groups is 1. The third kappa shape index (κ3) is 3.89. The minimum atomic E-state index is -0.601. The van der Waals surface area contributed by atoms with E-state index in [0.29, 0.717) is 24.3 Å². The van der Waals surface area contributed by atoms with Crippen molar-refractivity contribution < 1.29 is 19.1 Å². The number of hydrogen-bond acceptors (Lipinski definition) is 4. The molecule has 1 spiro atoms. The highest BCUT2D eigenvalue weighted by molar-refractivity contribution is 6.00. The number of aryl methyl sites for hydroxylation is 1. The van der Waals surface area contributed by atoms with Crippen LogP contribution in [0.1, 0.15) is 98.4 Å². The van der Waals surface area contributed by atoms with Crippen molar-refractivity contribution in [3.05, 3.63) is 40.7 Å². The van der Waals surface area contributed by atoms with Crippen LogP contribution in [-0.2, 0) is 0 Å². The molecule has 5 heteroatoms. The number of aliphatic hydroxyl groups is 1. The summed E-state index contributed by atoms with van der Waals surface area (Å²) in [4.78, 5) is 12.9. The van der Waals surface area contributed by atoms with Gasteiger partial charge < -0.3 is 19.6 Å². The number of benzene rings is 1. The van der Waals surface area contributed by atoms with Gasteiger partial charge in [-0.25, -0.2) is 0 Å². The van der Waals surface area contributed by atoms with Crippen LogP contribution in [0.5, 0.6) is 5.75 Å². The molecular weight excluding hydrogens is 390 g/mol. The average Bonchev–Trinajstić information content (AvgIpc) is 3.11. The number of allylic oxidation sites excluding steroid dienone is 1. The Kier molecular flexibility index (Phi) is 5.55. The predicted octanol–water partition coefficient (Wildman–Crippen LogP) is 5.88. The second-order valence-electron chi connectivity index (χ2n) is 9.59. The van der Waals surface area contributed by atoms with Crippen LogP contribution in [0.15, 0.2) is 28.2 Å². The predicted molar refractivity (Wildman–Crippen MR) is 120 cm³/mol. The van der Waals surface area contributed by atoms with Gasteiger partial charge >= 0.3 is 0 Å². The summed E-state index contributed by atoms with van der Waals surface area (Å²) in [7, 11) is 0. The fraction of sp³-hybridized carbons (Fsp3) is 0.577. The van der Waals surface area contributed by atoms with Crippen LogP contribution >= 0.6 is 0 Å². The highest BCUT2D eigenvalue weighted by Gasteiger charge is 2.42. The maximum absolute atomic E-state index is 12.9. The van der Waals surface area contributed by atoms with Crippen molar-refractivity contribution in [3.8, 4) is 5.75 Å². The molecule has 0 bridgehead atoms. The fourth-order valence-electron chi connectivity index (χ4n) is 5.77. The SMILES string of the molecule is Cc1c(C(=O)NCCC2=CCCCC2)oc2ccc3c(c12)[C@@H](O)CC1(CCCCC1)O3. The zero-order valence-electron chi connectivity index (χ0n) is 18.5. The van der Waals surface area contributed by atoms with Crippen LogP contribution < -0.4 is 10.1 Å². The van der Waals surface area contributed by atoms with Crippen LogP contribution in [-0.4, -0.2) is 23.2 Å². The van der Waals surface area contributed by atoms with E-state index in [0.717, 1.165) is 67.2 Å². The number of hydrogen-bond donors (Lipinski definition) is 2. The largest absolute Gasteiger partial charge is 0.487 e. The first-order valence-electron chi connectivity index (χ1n) is 12.0. The summed E-state index contributed by atoms with van der Waals surface area (Å²) in [5, 5.41) is 15.0. The molecule has 1 aromatic heterocycles. The molecule has 166 valence electrons. The zero-order valence-corrected chi connectivity index (χ0v) is 18.5. The third-order valence-corrected chi connectivity index (χ3v) is 7.41. The van der Waals surface area contributed by atoms with Gasteiger partial charge in [-0.3, -0.25) is 4.79 Å². The molecule has 31 heavy (non-hydrogen) atoms. The number of nitrogens with one attached hydrogen (secondary N) is 1. The lowest BCUT2D eigenvalue weighted by atomic mass is 9.77. The summed E-state index contributed by atoms with van der Waals surface area (Å²) < 4.78 is 12.4. The van der Waals surface area contributed by atoms with Crippen LogP contribution in [0.25, 0.3) is 11.0 Å². The summed E-state index contributed by atoms with van der Waals surface area (Å²) in [6.07, 6.45) is 13.6. The third-order valence-electron chi connectivity index (χ3n) is 7.41. The lowest BCUT2D eigenvalue weighted by Crippen LogP contribution is -2.42. The average molecular weight is 424 g/mol. The number of fused-ring (bicyclic) bond motifs is 3. The second-order valence-corrected chi connectivity index (χ2v) is 9.59. The van der Waals surface area contributed by atoms with Crippen LogP contribution in [0.2, 0.25) is 0 Å². The first-order chi connectivity index (χ1) is 15.1. The Labute approximate surface area is 183 Å². The zero-order chi connectivity index (χ0) is 21.4. The molecule has 2 aromatic rings. The molecule has 0 saturated heterocycles. The molecule has 1 atom stereocenters. The van der Waals surface area contributed by atoms with Gasteiger partial charge in [0.05, 0.1) is 6.10 Å². The molecule has 1 saturated carbocycles. The van der Waals surface area contributed by atoms with Gasteiger partial charge in [-0.15, -0.1) is 0 Å². The first kappa shape index (κ1) is 20.6. The highest BCUT2D eigenvalue weighted by atomic mass is 16.5. The van der Waals surface area contributed by atoms with Crippen LogP contribution in [0.3, 0.4) is 0 Å². The van der Waals surface area contributed by atoms with E-state index < -0.39 is 6.10 Å². The van der Waals surface area contributed by atoms with Crippen molar-refractivity contribution in [3.63, 3.8) is 0 Å². The van der Waals surface area contributed by atoms with E-state index in [1.54, 1.807) is 0 Å².